The molecule has 0 saturated carbocycles. The first-order valence-corrected chi connectivity index (χ1v) is 19.2. The number of nitriles is 1. The van der Waals surface area contributed by atoms with E-state index in [-0.39, 0.29) is 0 Å². The molecule has 11 rings (SSSR count). The molecule has 6 heteroatoms. The molecule has 58 heavy (non-hydrogen) atoms. The van der Waals surface area contributed by atoms with Crippen LogP contribution >= 0.6 is 0 Å². The smallest absolute Gasteiger partial charge is 0.164 e. The molecule has 1 aliphatic heterocycles. The molecule has 0 atom stereocenters. The molecule has 3 heterocycles. The van der Waals surface area contributed by atoms with E-state index < -0.39 is 5.41 Å². The zero-order valence-electron chi connectivity index (χ0n) is 31.0. The van der Waals surface area contributed by atoms with Gasteiger partial charge in [0.15, 0.2) is 17.5 Å². The van der Waals surface area contributed by atoms with E-state index in [0.717, 1.165) is 84.0 Å². The highest BCUT2D eigenvalue weighted by molar-refractivity contribution is 5.91. The molecule has 0 bridgehead atoms. The van der Waals surface area contributed by atoms with Crippen LogP contribution in [0.25, 0.3) is 67.7 Å². The van der Waals surface area contributed by atoms with Crippen molar-refractivity contribution in [1.82, 2.24) is 19.9 Å². The highest BCUT2D eigenvalue weighted by Crippen LogP contribution is 2.62. The summed E-state index contributed by atoms with van der Waals surface area (Å²) >= 11 is 0. The van der Waals surface area contributed by atoms with E-state index in [4.69, 9.17) is 24.7 Å². The number of hydrogen-bond acceptors (Lipinski definition) is 6. The summed E-state index contributed by atoms with van der Waals surface area (Å²) in [7, 11) is 0. The van der Waals surface area contributed by atoms with Crippen LogP contribution in [-0.2, 0) is 5.41 Å². The normalized spacial score (nSPS) is 12.7. The van der Waals surface area contributed by atoms with Gasteiger partial charge in [-0.2, -0.15) is 5.26 Å². The molecule has 1 spiro atoms. The number of hydrogen-bond donors (Lipinski definition) is 0. The van der Waals surface area contributed by atoms with Crippen molar-refractivity contribution in [3.05, 3.63) is 216 Å². The summed E-state index contributed by atoms with van der Waals surface area (Å²) in [6.07, 6.45) is 1.90. The number of fused-ring (bicyclic) bond motifs is 9. The predicted octanol–water partition coefficient (Wildman–Crippen LogP) is 11.9. The first-order valence-electron chi connectivity index (χ1n) is 19.2. The van der Waals surface area contributed by atoms with Crippen LogP contribution in [0.4, 0.5) is 0 Å². The molecular formula is C52H31N5O. The third kappa shape index (κ3) is 5.26. The van der Waals surface area contributed by atoms with Gasteiger partial charge in [-0.1, -0.05) is 140 Å². The predicted molar refractivity (Wildman–Crippen MR) is 227 cm³/mol. The number of rotatable bonds is 5. The zero-order chi connectivity index (χ0) is 38.6. The zero-order valence-corrected chi connectivity index (χ0v) is 31.0. The van der Waals surface area contributed by atoms with E-state index in [2.05, 4.69) is 91.0 Å². The third-order valence-corrected chi connectivity index (χ3v) is 11.3. The van der Waals surface area contributed by atoms with Gasteiger partial charge in [0, 0.05) is 45.1 Å². The molecule has 0 fully saturated rings. The Balaban J connectivity index is 1.12. The monoisotopic (exact) mass is 741 g/mol. The second kappa shape index (κ2) is 13.3. The van der Waals surface area contributed by atoms with Crippen LogP contribution in [-0.4, -0.2) is 19.9 Å². The molecule has 1 aliphatic carbocycles. The van der Waals surface area contributed by atoms with Gasteiger partial charge in [-0.3, -0.25) is 4.98 Å². The van der Waals surface area contributed by atoms with Crippen LogP contribution in [0.15, 0.2) is 188 Å². The van der Waals surface area contributed by atoms with Gasteiger partial charge in [-0.15, -0.1) is 0 Å². The molecule has 0 N–H and O–H groups in total. The van der Waals surface area contributed by atoms with E-state index in [1.165, 1.54) is 0 Å². The first-order chi connectivity index (χ1) is 28.7. The highest BCUT2D eigenvalue weighted by atomic mass is 16.5. The summed E-state index contributed by atoms with van der Waals surface area (Å²) in [5.74, 6) is 3.47. The SMILES string of the molecule is N#Cc1ccc(-c2ccc(-c3ccc4c(c3)C3(c5ccccc5Oc5ccccc53)c3cc(-c5nc(-c6ccccc6)nc(-c6ccccc6)n5)ccc3-4)nc2)cc1. The molecule has 2 aliphatic rings. The minimum Gasteiger partial charge on any atom is -0.457 e. The van der Waals surface area contributed by atoms with Gasteiger partial charge in [0.1, 0.15) is 11.5 Å². The Morgan fingerprint density at radius 1 is 0.414 bits per heavy atom. The van der Waals surface area contributed by atoms with E-state index in [1.807, 2.05) is 103 Å². The second-order valence-corrected chi connectivity index (χ2v) is 14.5. The summed E-state index contributed by atoms with van der Waals surface area (Å²) in [6, 6.07) is 64.2. The van der Waals surface area contributed by atoms with Gasteiger partial charge in [0.25, 0.3) is 0 Å². The molecule has 6 nitrogen and oxygen atoms in total. The van der Waals surface area contributed by atoms with Crippen molar-refractivity contribution in [2.75, 3.05) is 0 Å². The van der Waals surface area contributed by atoms with Crippen molar-refractivity contribution in [3.8, 4) is 85.2 Å². The lowest BCUT2D eigenvalue weighted by molar-refractivity contribution is 0.436. The Morgan fingerprint density at radius 2 is 0.897 bits per heavy atom. The van der Waals surface area contributed by atoms with Crippen LogP contribution < -0.4 is 4.74 Å². The quantitative estimate of drug-likeness (QED) is 0.175. The second-order valence-electron chi connectivity index (χ2n) is 14.5. The van der Waals surface area contributed by atoms with E-state index in [1.54, 1.807) is 0 Å². The van der Waals surface area contributed by atoms with Crippen molar-refractivity contribution in [2.24, 2.45) is 0 Å². The van der Waals surface area contributed by atoms with Gasteiger partial charge in [-0.25, -0.2) is 15.0 Å². The average molecular weight is 742 g/mol. The van der Waals surface area contributed by atoms with Gasteiger partial charge in [0.05, 0.1) is 22.7 Å². The molecule has 0 amide bonds. The van der Waals surface area contributed by atoms with Crippen LogP contribution in [0.1, 0.15) is 27.8 Å². The minimum absolute atomic E-state index is 0.600. The lowest BCUT2D eigenvalue weighted by Crippen LogP contribution is -2.32. The third-order valence-electron chi connectivity index (χ3n) is 11.3. The maximum atomic E-state index is 9.27. The summed E-state index contributed by atoms with van der Waals surface area (Å²) < 4.78 is 6.66. The maximum absolute atomic E-state index is 9.27. The van der Waals surface area contributed by atoms with Crippen molar-refractivity contribution in [1.29, 1.82) is 5.26 Å². The number of aromatic nitrogens is 4. The van der Waals surface area contributed by atoms with E-state index in [0.29, 0.717) is 23.0 Å². The topological polar surface area (TPSA) is 84.6 Å². The molecule has 270 valence electrons. The molecule has 2 aromatic heterocycles. The van der Waals surface area contributed by atoms with Crippen molar-refractivity contribution in [2.45, 2.75) is 5.41 Å². The van der Waals surface area contributed by atoms with Crippen molar-refractivity contribution >= 4 is 0 Å². The summed E-state index contributed by atoms with van der Waals surface area (Å²) in [5.41, 5.74) is 13.2. The molecule has 0 unspecified atom stereocenters. The van der Waals surface area contributed by atoms with Crippen molar-refractivity contribution < 1.29 is 4.74 Å². The first kappa shape index (κ1) is 33.3. The number of benzene rings is 7. The molecule has 0 radical (unpaired) electrons. The number of para-hydroxylation sites is 2. The lowest BCUT2D eigenvalue weighted by atomic mass is 9.65. The van der Waals surface area contributed by atoms with Gasteiger partial charge < -0.3 is 4.74 Å². The Bertz CT molecular complexity index is 2980. The standard InChI is InChI=1S/C52H31N5O/c53-31-33-19-21-34(22-20-33)39-25-28-46(54-32-39)37-23-26-40-41-27-24-38(51-56-49(35-11-3-1-4-12-35)55-50(57-51)36-13-5-2-6-14-36)30-45(41)52(44(40)29-37)42-15-7-9-17-47(42)58-48-18-10-8-16-43(48)52/h1-30,32H. The molecule has 0 saturated heterocycles. The minimum atomic E-state index is -0.720. The van der Waals surface area contributed by atoms with Crippen LogP contribution in [0, 0.1) is 11.3 Å². The Labute approximate surface area is 335 Å². The van der Waals surface area contributed by atoms with E-state index in [9.17, 15) is 5.26 Å². The molecule has 7 aromatic carbocycles. The summed E-state index contributed by atoms with van der Waals surface area (Å²) in [4.78, 5) is 20.2. The number of nitrogens with zero attached hydrogens (tertiary/aromatic N) is 5. The largest absolute Gasteiger partial charge is 0.457 e. The maximum Gasteiger partial charge on any atom is 0.164 e. The fourth-order valence-electron chi connectivity index (χ4n) is 8.61. The molecule has 9 aromatic rings. The lowest BCUT2D eigenvalue weighted by Gasteiger charge is -2.39. The highest BCUT2D eigenvalue weighted by Gasteiger charge is 2.51. The van der Waals surface area contributed by atoms with Gasteiger partial charge in [-0.05, 0) is 70.3 Å². The average Bonchev–Trinajstić information content (AvgIpc) is 3.58. The van der Waals surface area contributed by atoms with Crippen LogP contribution in [0.2, 0.25) is 0 Å². The fourth-order valence-corrected chi connectivity index (χ4v) is 8.61. The van der Waals surface area contributed by atoms with Crippen LogP contribution in [0.5, 0.6) is 11.5 Å². The summed E-state index contributed by atoms with van der Waals surface area (Å²) in [5, 5.41) is 9.27. The Kier molecular flexibility index (Phi) is 7.66. The Hall–Kier alpha value is -8.01. The molecular weight excluding hydrogens is 711 g/mol. The number of ether oxygens (including phenoxy) is 1. The fraction of sp³-hybridized carbons (Fsp3) is 0.0192. The van der Waals surface area contributed by atoms with Gasteiger partial charge >= 0.3 is 0 Å². The van der Waals surface area contributed by atoms with Crippen LogP contribution in [0.3, 0.4) is 0 Å². The van der Waals surface area contributed by atoms with E-state index >= 15 is 0 Å². The number of pyridine rings is 1. The Morgan fingerprint density at radius 3 is 1.45 bits per heavy atom. The van der Waals surface area contributed by atoms with Gasteiger partial charge in [0.2, 0.25) is 0 Å². The summed E-state index contributed by atoms with van der Waals surface area (Å²) in [6.45, 7) is 0. The van der Waals surface area contributed by atoms with Crippen molar-refractivity contribution in [3.63, 3.8) is 0 Å².